The predicted octanol–water partition coefficient (Wildman–Crippen LogP) is 3.46. The normalized spacial score (nSPS) is 10.5. The molecule has 2 aromatic heterocycles. The summed E-state index contributed by atoms with van der Waals surface area (Å²) in [6.45, 7) is 5.25. The Morgan fingerprint density at radius 3 is 2.77 bits per heavy atom. The summed E-state index contributed by atoms with van der Waals surface area (Å²) in [5, 5.41) is 20.8. The first-order valence-corrected chi connectivity index (χ1v) is 7.82. The average molecular weight is 373 g/mol. The minimum absolute atomic E-state index is 0.0470. The van der Waals surface area contributed by atoms with E-state index in [1.54, 1.807) is 30.3 Å². The molecule has 8 nitrogen and oxygen atoms in total. The van der Waals surface area contributed by atoms with Crippen LogP contribution < -0.4 is 4.74 Å². The van der Waals surface area contributed by atoms with E-state index in [-0.39, 0.29) is 23.7 Å². The van der Waals surface area contributed by atoms with Crippen LogP contribution in [0.25, 0.3) is 11.4 Å². The van der Waals surface area contributed by atoms with Gasteiger partial charge >= 0.3 is 5.97 Å². The highest BCUT2D eigenvalue weighted by Crippen LogP contribution is 2.31. The standard InChI is InChI=1S/C17H13ClN4O4/c1-9(17(23)24)7-15-19-16(22-26-15)12-5-4-11(8-13(12)18)25-14-6-3-10(2)20-21-14/h3-6,8H,1,7H2,2H3,(H,23,24). The highest BCUT2D eigenvalue weighted by molar-refractivity contribution is 6.33. The van der Waals surface area contributed by atoms with Crippen molar-refractivity contribution in [3.63, 3.8) is 0 Å². The number of halogens is 1. The lowest BCUT2D eigenvalue weighted by Crippen LogP contribution is -2.02. The van der Waals surface area contributed by atoms with Gasteiger partial charge in [-0.05, 0) is 25.1 Å². The van der Waals surface area contributed by atoms with Gasteiger partial charge in [0.15, 0.2) is 0 Å². The first-order valence-electron chi connectivity index (χ1n) is 7.44. The number of benzene rings is 1. The number of aryl methyl sites for hydroxylation is 1. The number of hydrogen-bond acceptors (Lipinski definition) is 7. The molecule has 9 heteroatoms. The Morgan fingerprint density at radius 2 is 2.12 bits per heavy atom. The van der Waals surface area contributed by atoms with Crippen LogP contribution in [0.1, 0.15) is 11.6 Å². The number of aromatic nitrogens is 4. The third-order valence-electron chi connectivity index (χ3n) is 3.31. The molecule has 0 saturated carbocycles. The van der Waals surface area contributed by atoms with Crippen molar-refractivity contribution < 1.29 is 19.2 Å². The summed E-state index contributed by atoms with van der Waals surface area (Å²) in [6.07, 6.45) is -0.0484. The van der Waals surface area contributed by atoms with Gasteiger partial charge in [0.25, 0.3) is 0 Å². The number of nitrogens with zero attached hydrogens (tertiary/aromatic N) is 4. The second-order valence-electron chi connectivity index (χ2n) is 5.35. The summed E-state index contributed by atoms with van der Waals surface area (Å²) in [6, 6.07) is 8.41. The van der Waals surface area contributed by atoms with E-state index in [4.69, 9.17) is 26.0 Å². The molecule has 0 aliphatic rings. The van der Waals surface area contributed by atoms with Crippen molar-refractivity contribution in [3.8, 4) is 23.0 Å². The molecular formula is C17H13ClN4O4. The lowest BCUT2D eigenvalue weighted by molar-refractivity contribution is -0.132. The van der Waals surface area contributed by atoms with Gasteiger partial charge in [-0.15, -0.1) is 5.10 Å². The lowest BCUT2D eigenvalue weighted by Gasteiger charge is -2.06. The number of aliphatic carboxylic acids is 1. The number of rotatable bonds is 6. The van der Waals surface area contributed by atoms with Crippen LogP contribution in [0.3, 0.4) is 0 Å². The fraction of sp³-hybridized carbons (Fsp3) is 0.118. The van der Waals surface area contributed by atoms with Gasteiger partial charge in [0.1, 0.15) is 5.75 Å². The molecular weight excluding hydrogens is 360 g/mol. The Kier molecular flexibility index (Phi) is 4.94. The van der Waals surface area contributed by atoms with Crippen LogP contribution in [0.2, 0.25) is 5.02 Å². The van der Waals surface area contributed by atoms with Crippen LogP contribution in [0.5, 0.6) is 11.6 Å². The summed E-state index contributed by atoms with van der Waals surface area (Å²) in [5.41, 5.74) is 1.25. The molecule has 26 heavy (non-hydrogen) atoms. The van der Waals surface area contributed by atoms with E-state index in [2.05, 4.69) is 26.9 Å². The molecule has 3 rings (SSSR count). The van der Waals surface area contributed by atoms with E-state index in [1.807, 2.05) is 6.92 Å². The Labute approximate surface area is 153 Å². The molecule has 0 amide bonds. The van der Waals surface area contributed by atoms with E-state index in [9.17, 15) is 4.79 Å². The lowest BCUT2D eigenvalue weighted by atomic mass is 10.2. The van der Waals surface area contributed by atoms with Gasteiger partial charge in [0.2, 0.25) is 17.6 Å². The second kappa shape index (κ2) is 7.32. The zero-order chi connectivity index (χ0) is 18.7. The fourth-order valence-electron chi connectivity index (χ4n) is 2.00. The van der Waals surface area contributed by atoms with E-state index in [0.717, 1.165) is 5.69 Å². The third kappa shape index (κ3) is 4.04. The molecule has 1 aromatic carbocycles. The minimum atomic E-state index is -1.12. The molecule has 0 bridgehead atoms. The largest absolute Gasteiger partial charge is 0.478 e. The van der Waals surface area contributed by atoms with Crippen LogP contribution in [-0.4, -0.2) is 31.4 Å². The number of carboxylic acids is 1. The van der Waals surface area contributed by atoms with Crippen molar-refractivity contribution in [2.75, 3.05) is 0 Å². The van der Waals surface area contributed by atoms with Crippen LogP contribution in [0.15, 0.2) is 47.0 Å². The molecule has 3 aromatic rings. The van der Waals surface area contributed by atoms with Crippen LogP contribution in [0.4, 0.5) is 0 Å². The zero-order valence-corrected chi connectivity index (χ0v) is 14.4. The van der Waals surface area contributed by atoms with Crippen molar-refractivity contribution in [2.24, 2.45) is 0 Å². The second-order valence-corrected chi connectivity index (χ2v) is 5.76. The maximum absolute atomic E-state index is 10.8. The Hall–Kier alpha value is -3.26. The average Bonchev–Trinajstić information content (AvgIpc) is 3.05. The van der Waals surface area contributed by atoms with Crippen molar-refractivity contribution >= 4 is 17.6 Å². The van der Waals surface area contributed by atoms with Gasteiger partial charge in [-0.1, -0.05) is 23.3 Å². The maximum Gasteiger partial charge on any atom is 0.331 e. The summed E-state index contributed by atoms with van der Waals surface area (Å²) < 4.78 is 10.6. The Morgan fingerprint density at radius 1 is 1.31 bits per heavy atom. The molecule has 0 atom stereocenters. The summed E-state index contributed by atoms with van der Waals surface area (Å²) in [7, 11) is 0. The van der Waals surface area contributed by atoms with E-state index in [1.165, 1.54) is 0 Å². The fourth-order valence-corrected chi connectivity index (χ4v) is 2.25. The molecule has 132 valence electrons. The van der Waals surface area contributed by atoms with Gasteiger partial charge < -0.3 is 14.4 Å². The highest BCUT2D eigenvalue weighted by Gasteiger charge is 2.15. The van der Waals surface area contributed by atoms with Crippen LogP contribution in [0, 0.1) is 6.92 Å². The van der Waals surface area contributed by atoms with Gasteiger partial charge in [0.05, 0.1) is 17.1 Å². The maximum atomic E-state index is 10.8. The van der Waals surface area contributed by atoms with Gasteiger partial charge in [0, 0.05) is 23.3 Å². The van der Waals surface area contributed by atoms with Crippen LogP contribution >= 0.6 is 11.6 Å². The van der Waals surface area contributed by atoms with Gasteiger partial charge in [-0.2, -0.15) is 10.1 Å². The SMILES string of the molecule is C=C(Cc1nc(-c2ccc(Oc3ccc(C)nn3)cc2Cl)no1)C(=O)O. The van der Waals surface area contributed by atoms with E-state index < -0.39 is 5.97 Å². The van der Waals surface area contributed by atoms with Crippen molar-refractivity contribution in [3.05, 3.63) is 59.1 Å². The Bertz CT molecular complexity index is 969. The van der Waals surface area contributed by atoms with Crippen molar-refractivity contribution in [1.82, 2.24) is 20.3 Å². The van der Waals surface area contributed by atoms with Crippen molar-refractivity contribution in [1.29, 1.82) is 0 Å². The molecule has 1 N–H and O–H groups in total. The predicted molar refractivity (Wildman–Crippen MR) is 92.1 cm³/mol. The number of carboxylic acid groups (broad SMARTS) is 1. The first-order chi connectivity index (χ1) is 12.4. The van der Waals surface area contributed by atoms with Gasteiger partial charge in [-0.25, -0.2) is 4.79 Å². The summed E-state index contributed by atoms with van der Waals surface area (Å²) in [5.74, 6) is 0.0698. The number of carbonyl (C=O) groups is 1. The minimum Gasteiger partial charge on any atom is -0.478 e. The Balaban J connectivity index is 1.77. The monoisotopic (exact) mass is 372 g/mol. The third-order valence-corrected chi connectivity index (χ3v) is 3.63. The topological polar surface area (TPSA) is 111 Å². The first kappa shape index (κ1) is 17.6. The molecule has 0 fully saturated rings. The number of ether oxygens (including phenoxy) is 1. The van der Waals surface area contributed by atoms with E-state index in [0.29, 0.717) is 22.2 Å². The summed E-state index contributed by atoms with van der Waals surface area (Å²) >= 11 is 6.27. The quantitative estimate of drug-likeness (QED) is 0.654. The molecule has 0 spiro atoms. The van der Waals surface area contributed by atoms with Gasteiger partial charge in [-0.3, -0.25) is 0 Å². The number of hydrogen-bond donors (Lipinski definition) is 1. The van der Waals surface area contributed by atoms with Crippen molar-refractivity contribution in [2.45, 2.75) is 13.3 Å². The molecule has 0 aliphatic carbocycles. The molecule has 0 aliphatic heterocycles. The molecule has 0 radical (unpaired) electrons. The van der Waals surface area contributed by atoms with Crippen LogP contribution in [-0.2, 0) is 11.2 Å². The molecule has 0 saturated heterocycles. The summed E-state index contributed by atoms with van der Waals surface area (Å²) in [4.78, 5) is 14.9. The highest BCUT2D eigenvalue weighted by atomic mass is 35.5. The molecule has 2 heterocycles. The zero-order valence-electron chi connectivity index (χ0n) is 13.6. The molecule has 0 unspecified atom stereocenters. The van der Waals surface area contributed by atoms with E-state index >= 15 is 0 Å². The smallest absolute Gasteiger partial charge is 0.331 e.